The fourth-order valence-corrected chi connectivity index (χ4v) is 4.29. The summed E-state index contributed by atoms with van der Waals surface area (Å²) in [5.41, 5.74) is 0.415. The molecular formula is C14H23N3S. The van der Waals surface area contributed by atoms with Crippen LogP contribution in [-0.2, 0) is 0 Å². The van der Waals surface area contributed by atoms with Gasteiger partial charge in [0.25, 0.3) is 0 Å². The van der Waals surface area contributed by atoms with E-state index in [9.17, 15) is 0 Å². The largest absolute Gasteiger partial charge is 0.309 e. The van der Waals surface area contributed by atoms with Crippen molar-refractivity contribution in [1.82, 2.24) is 15.2 Å². The van der Waals surface area contributed by atoms with Crippen molar-refractivity contribution in [3.05, 3.63) is 16.1 Å². The lowest BCUT2D eigenvalue weighted by Crippen LogP contribution is -2.59. The summed E-state index contributed by atoms with van der Waals surface area (Å²) in [6, 6.07) is 0.475. The Balaban J connectivity index is 1.72. The molecule has 1 aliphatic heterocycles. The first-order valence-electron chi connectivity index (χ1n) is 7.10. The number of aryl methyl sites for hydroxylation is 1. The lowest BCUT2D eigenvalue weighted by Gasteiger charge is -2.43. The van der Waals surface area contributed by atoms with E-state index in [0.717, 1.165) is 13.1 Å². The van der Waals surface area contributed by atoms with Crippen LogP contribution in [0.4, 0.5) is 0 Å². The van der Waals surface area contributed by atoms with Crippen molar-refractivity contribution >= 4 is 11.3 Å². The zero-order chi connectivity index (χ0) is 12.6. The van der Waals surface area contributed by atoms with Crippen LogP contribution in [0.1, 0.15) is 48.5 Å². The molecule has 100 valence electrons. The highest BCUT2D eigenvalue weighted by atomic mass is 32.1. The molecule has 18 heavy (non-hydrogen) atoms. The number of aromatic nitrogens is 1. The molecule has 1 aliphatic carbocycles. The van der Waals surface area contributed by atoms with Crippen molar-refractivity contribution in [3.63, 3.8) is 0 Å². The van der Waals surface area contributed by atoms with Gasteiger partial charge >= 0.3 is 0 Å². The standard InChI is InChI=1S/C14H23N3S/c1-11-9-15-13(18-11)12(2)17-8-7-16-14(10-17)5-3-4-6-14/h9,12,16H,3-8,10H2,1-2H3. The van der Waals surface area contributed by atoms with Crippen LogP contribution in [-0.4, -0.2) is 35.1 Å². The van der Waals surface area contributed by atoms with Gasteiger partial charge in [-0.3, -0.25) is 4.90 Å². The Bertz CT molecular complexity index is 409. The minimum Gasteiger partial charge on any atom is -0.309 e. The van der Waals surface area contributed by atoms with Crippen LogP contribution >= 0.6 is 11.3 Å². The number of hydrogen-bond donors (Lipinski definition) is 1. The van der Waals surface area contributed by atoms with Crippen LogP contribution in [0.5, 0.6) is 0 Å². The van der Waals surface area contributed by atoms with Gasteiger partial charge in [0.05, 0.1) is 6.04 Å². The van der Waals surface area contributed by atoms with E-state index in [1.807, 2.05) is 17.5 Å². The molecule has 2 fully saturated rings. The van der Waals surface area contributed by atoms with Gasteiger partial charge in [-0.25, -0.2) is 4.98 Å². The third kappa shape index (κ3) is 2.33. The molecule has 1 atom stereocenters. The second-order valence-electron chi connectivity index (χ2n) is 5.87. The molecule has 3 nitrogen and oxygen atoms in total. The van der Waals surface area contributed by atoms with Crippen molar-refractivity contribution < 1.29 is 0 Å². The maximum absolute atomic E-state index is 4.56. The molecule has 0 bridgehead atoms. The quantitative estimate of drug-likeness (QED) is 0.891. The van der Waals surface area contributed by atoms with E-state index in [-0.39, 0.29) is 0 Å². The van der Waals surface area contributed by atoms with E-state index in [4.69, 9.17) is 0 Å². The Hall–Kier alpha value is -0.450. The summed E-state index contributed by atoms with van der Waals surface area (Å²) >= 11 is 1.85. The van der Waals surface area contributed by atoms with Gasteiger partial charge in [-0.05, 0) is 26.7 Å². The minimum atomic E-state index is 0.415. The molecule has 1 spiro atoms. The summed E-state index contributed by atoms with van der Waals surface area (Å²) < 4.78 is 0. The fourth-order valence-electron chi connectivity index (χ4n) is 3.43. The lowest BCUT2D eigenvalue weighted by molar-refractivity contribution is 0.100. The number of nitrogens with one attached hydrogen (secondary N) is 1. The average molecular weight is 265 g/mol. The molecule has 0 aromatic carbocycles. The van der Waals surface area contributed by atoms with Crippen LogP contribution in [0.15, 0.2) is 6.20 Å². The summed E-state index contributed by atoms with van der Waals surface area (Å²) in [5, 5.41) is 5.06. The third-order valence-electron chi connectivity index (χ3n) is 4.51. The summed E-state index contributed by atoms with van der Waals surface area (Å²) in [4.78, 5) is 8.51. The molecule has 1 saturated carbocycles. The van der Waals surface area contributed by atoms with E-state index in [1.165, 1.54) is 42.1 Å². The lowest BCUT2D eigenvalue weighted by atomic mass is 9.94. The Morgan fingerprint density at radius 3 is 2.89 bits per heavy atom. The zero-order valence-electron chi connectivity index (χ0n) is 11.4. The minimum absolute atomic E-state index is 0.415. The highest BCUT2D eigenvalue weighted by Crippen LogP contribution is 2.35. The van der Waals surface area contributed by atoms with Gasteiger partial charge in [-0.15, -0.1) is 11.3 Å². The average Bonchev–Trinajstić information content (AvgIpc) is 2.98. The molecule has 3 rings (SSSR count). The van der Waals surface area contributed by atoms with Crippen molar-refractivity contribution in [1.29, 1.82) is 0 Å². The molecule has 0 amide bonds. The van der Waals surface area contributed by atoms with Crippen molar-refractivity contribution in [2.75, 3.05) is 19.6 Å². The van der Waals surface area contributed by atoms with Crippen molar-refractivity contribution in [2.24, 2.45) is 0 Å². The smallest absolute Gasteiger partial charge is 0.110 e. The number of rotatable bonds is 2. The molecule has 1 saturated heterocycles. The Morgan fingerprint density at radius 2 is 2.22 bits per heavy atom. The monoisotopic (exact) mass is 265 g/mol. The molecule has 1 unspecified atom stereocenters. The van der Waals surface area contributed by atoms with Gasteiger partial charge < -0.3 is 5.32 Å². The van der Waals surface area contributed by atoms with Crippen LogP contribution in [0.2, 0.25) is 0 Å². The third-order valence-corrected chi connectivity index (χ3v) is 5.59. The van der Waals surface area contributed by atoms with Gasteiger partial charge in [0.2, 0.25) is 0 Å². The van der Waals surface area contributed by atoms with Crippen LogP contribution in [0.25, 0.3) is 0 Å². The topological polar surface area (TPSA) is 28.2 Å². The second kappa shape index (κ2) is 4.91. The van der Waals surface area contributed by atoms with Crippen molar-refractivity contribution in [3.8, 4) is 0 Å². The molecular weight excluding hydrogens is 242 g/mol. The first kappa shape index (κ1) is 12.6. The molecule has 4 heteroatoms. The fraction of sp³-hybridized carbons (Fsp3) is 0.786. The predicted molar refractivity (Wildman–Crippen MR) is 76.0 cm³/mol. The van der Waals surface area contributed by atoms with E-state index in [2.05, 4.69) is 29.0 Å². The number of thiazole rings is 1. The highest BCUT2D eigenvalue weighted by Gasteiger charge is 2.39. The molecule has 2 aliphatic rings. The SMILES string of the molecule is Cc1cnc(C(C)N2CCNC3(CCCC3)C2)s1. The zero-order valence-corrected chi connectivity index (χ0v) is 12.2. The normalized spacial score (nSPS) is 25.7. The van der Waals surface area contributed by atoms with Gasteiger partial charge in [0.1, 0.15) is 5.01 Å². The highest BCUT2D eigenvalue weighted by molar-refractivity contribution is 7.11. The van der Waals surface area contributed by atoms with Crippen LogP contribution in [0, 0.1) is 6.92 Å². The maximum Gasteiger partial charge on any atom is 0.110 e. The Morgan fingerprint density at radius 1 is 1.44 bits per heavy atom. The molecule has 1 N–H and O–H groups in total. The van der Waals surface area contributed by atoms with E-state index in [0.29, 0.717) is 11.6 Å². The van der Waals surface area contributed by atoms with Gasteiger partial charge in [-0.1, -0.05) is 12.8 Å². The van der Waals surface area contributed by atoms with Crippen LogP contribution < -0.4 is 5.32 Å². The van der Waals surface area contributed by atoms with E-state index < -0.39 is 0 Å². The van der Waals surface area contributed by atoms with Crippen LogP contribution in [0.3, 0.4) is 0 Å². The predicted octanol–water partition coefficient (Wildman–Crippen LogP) is 2.73. The van der Waals surface area contributed by atoms with E-state index >= 15 is 0 Å². The van der Waals surface area contributed by atoms with Gasteiger partial charge in [0, 0.05) is 36.2 Å². The summed E-state index contributed by atoms with van der Waals surface area (Å²) in [6.07, 6.45) is 7.50. The second-order valence-corrected chi connectivity index (χ2v) is 7.14. The number of hydrogen-bond acceptors (Lipinski definition) is 4. The molecule has 1 aromatic heterocycles. The number of piperazine rings is 1. The molecule has 0 radical (unpaired) electrons. The number of nitrogens with zero attached hydrogens (tertiary/aromatic N) is 2. The van der Waals surface area contributed by atoms with Gasteiger partial charge in [0.15, 0.2) is 0 Å². The van der Waals surface area contributed by atoms with Crippen molar-refractivity contribution in [2.45, 2.75) is 51.1 Å². The maximum atomic E-state index is 4.56. The first-order chi connectivity index (χ1) is 8.69. The molecule has 1 aromatic rings. The Kier molecular flexibility index (Phi) is 3.43. The summed E-state index contributed by atoms with van der Waals surface area (Å²) in [5.74, 6) is 0. The summed E-state index contributed by atoms with van der Waals surface area (Å²) in [6.45, 7) is 7.94. The first-order valence-corrected chi connectivity index (χ1v) is 7.92. The summed E-state index contributed by atoms with van der Waals surface area (Å²) in [7, 11) is 0. The Labute approximate surface area is 114 Å². The van der Waals surface area contributed by atoms with Gasteiger partial charge in [-0.2, -0.15) is 0 Å². The molecule has 2 heterocycles. The van der Waals surface area contributed by atoms with E-state index in [1.54, 1.807) is 0 Å².